The molecule has 0 heterocycles. The average Bonchev–Trinajstić information content (AvgIpc) is 2.63. The number of nitrogens with one attached hydrogen (secondary N) is 2. The van der Waals surface area contributed by atoms with E-state index in [2.05, 4.69) is 42.5 Å². The SMILES string of the molecule is Cc1ccccc1NC1=C(Br)C(=O)C(Nc2ccccc2C)=C(Br)C1=O. The number of aryl methyl sites for hydroxylation is 2. The lowest BCUT2D eigenvalue weighted by molar-refractivity contribution is -0.115. The number of rotatable bonds is 4. The summed E-state index contributed by atoms with van der Waals surface area (Å²) >= 11 is 6.59. The summed E-state index contributed by atoms with van der Waals surface area (Å²) < 4.78 is 0.398. The zero-order valence-electron chi connectivity index (χ0n) is 14.2. The van der Waals surface area contributed by atoms with Crippen LogP contribution in [0.25, 0.3) is 0 Å². The predicted molar refractivity (Wildman–Crippen MR) is 112 cm³/mol. The van der Waals surface area contributed by atoms with Crippen LogP contribution in [-0.4, -0.2) is 11.6 Å². The lowest BCUT2D eigenvalue weighted by Crippen LogP contribution is -2.27. The molecule has 0 amide bonds. The summed E-state index contributed by atoms with van der Waals surface area (Å²) in [6, 6.07) is 15.2. The summed E-state index contributed by atoms with van der Waals surface area (Å²) in [5.74, 6) is -0.591. The Hall–Kier alpha value is -2.18. The minimum atomic E-state index is -0.296. The molecule has 2 aromatic carbocycles. The summed E-state index contributed by atoms with van der Waals surface area (Å²) in [6.45, 7) is 3.87. The molecule has 0 aromatic heterocycles. The number of para-hydroxylation sites is 2. The van der Waals surface area contributed by atoms with E-state index in [4.69, 9.17) is 0 Å². The molecule has 0 bridgehead atoms. The molecule has 0 atom stereocenters. The second kappa shape index (κ2) is 7.60. The van der Waals surface area contributed by atoms with Crippen molar-refractivity contribution in [3.63, 3.8) is 0 Å². The fraction of sp³-hybridized carbons (Fsp3) is 0.100. The number of carbonyl (C=O) groups is 2. The fourth-order valence-electron chi connectivity index (χ4n) is 2.56. The number of benzene rings is 2. The molecule has 1 aliphatic carbocycles. The average molecular weight is 476 g/mol. The van der Waals surface area contributed by atoms with Crippen LogP contribution in [0.2, 0.25) is 0 Å². The van der Waals surface area contributed by atoms with Crippen LogP contribution in [0.1, 0.15) is 11.1 Å². The van der Waals surface area contributed by atoms with E-state index in [0.29, 0.717) is 0 Å². The van der Waals surface area contributed by atoms with Crippen molar-refractivity contribution in [3.8, 4) is 0 Å². The van der Waals surface area contributed by atoms with Crippen LogP contribution in [0.3, 0.4) is 0 Å². The highest BCUT2D eigenvalue weighted by Gasteiger charge is 2.33. The highest BCUT2D eigenvalue weighted by Crippen LogP contribution is 2.33. The van der Waals surface area contributed by atoms with Gasteiger partial charge in [0.2, 0.25) is 11.6 Å². The molecule has 0 saturated heterocycles. The quantitative estimate of drug-likeness (QED) is 0.597. The molecule has 2 aromatic rings. The molecule has 4 nitrogen and oxygen atoms in total. The Labute approximate surface area is 168 Å². The van der Waals surface area contributed by atoms with E-state index in [-0.39, 0.29) is 31.9 Å². The van der Waals surface area contributed by atoms with Gasteiger partial charge in [0, 0.05) is 11.4 Å². The van der Waals surface area contributed by atoms with Gasteiger partial charge in [-0.1, -0.05) is 36.4 Å². The Morgan fingerprint density at radius 3 is 1.35 bits per heavy atom. The normalized spacial score (nSPS) is 14.8. The van der Waals surface area contributed by atoms with Crippen LogP contribution < -0.4 is 10.6 Å². The van der Waals surface area contributed by atoms with Crippen molar-refractivity contribution in [3.05, 3.63) is 80.0 Å². The maximum Gasteiger partial charge on any atom is 0.219 e. The Kier molecular flexibility index (Phi) is 5.44. The van der Waals surface area contributed by atoms with Crippen molar-refractivity contribution in [2.75, 3.05) is 10.6 Å². The van der Waals surface area contributed by atoms with Gasteiger partial charge < -0.3 is 10.6 Å². The molecule has 1 aliphatic rings. The van der Waals surface area contributed by atoms with E-state index < -0.39 is 0 Å². The minimum absolute atomic E-state index is 0.199. The zero-order valence-corrected chi connectivity index (χ0v) is 17.4. The number of carbonyl (C=O) groups excluding carboxylic acids is 2. The fourth-order valence-corrected chi connectivity index (χ4v) is 3.52. The number of anilines is 2. The van der Waals surface area contributed by atoms with E-state index >= 15 is 0 Å². The molecule has 6 heteroatoms. The van der Waals surface area contributed by atoms with Crippen LogP contribution in [0, 0.1) is 13.8 Å². The van der Waals surface area contributed by atoms with Crippen LogP contribution in [-0.2, 0) is 9.59 Å². The van der Waals surface area contributed by atoms with Gasteiger partial charge in [0.15, 0.2) is 0 Å². The monoisotopic (exact) mass is 474 g/mol. The lowest BCUT2D eigenvalue weighted by atomic mass is 10.0. The summed E-state index contributed by atoms with van der Waals surface area (Å²) in [5.41, 5.74) is 3.93. The number of ketones is 2. The number of halogens is 2. The molecule has 3 rings (SSSR count). The van der Waals surface area contributed by atoms with E-state index in [0.717, 1.165) is 22.5 Å². The molecular weight excluding hydrogens is 460 g/mol. The number of hydrogen-bond donors (Lipinski definition) is 2. The van der Waals surface area contributed by atoms with Crippen LogP contribution in [0.15, 0.2) is 68.9 Å². The number of hydrogen-bond acceptors (Lipinski definition) is 4. The van der Waals surface area contributed by atoms with E-state index in [9.17, 15) is 9.59 Å². The van der Waals surface area contributed by atoms with Gasteiger partial charge in [-0.25, -0.2) is 0 Å². The predicted octanol–water partition coefficient (Wildman–Crippen LogP) is 5.19. The van der Waals surface area contributed by atoms with Gasteiger partial charge in [-0.2, -0.15) is 0 Å². The van der Waals surface area contributed by atoms with Crippen LogP contribution in [0.5, 0.6) is 0 Å². The molecule has 0 saturated carbocycles. The third-order valence-corrected chi connectivity index (χ3v) is 5.61. The molecule has 0 radical (unpaired) electrons. The molecule has 26 heavy (non-hydrogen) atoms. The molecule has 132 valence electrons. The topological polar surface area (TPSA) is 58.2 Å². The molecule has 0 aliphatic heterocycles. The zero-order chi connectivity index (χ0) is 18.8. The smallest absolute Gasteiger partial charge is 0.219 e. The Balaban J connectivity index is 1.95. The first-order chi connectivity index (χ1) is 12.4. The first-order valence-electron chi connectivity index (χ1n) is 7.94. The standard InChI is InChI=1S/C20H16Br2N2O2/c1-11-7-3-5-9-13(11)23-17-15(21)20(26)18(16(22)19(17)25)24-14-10-6-4-8-12(14)2/h3-10,23-24H,1-2H3. The molecule has 0 spiro atoms. The maximum atomic E-state index is 12.8. The summed E-state index contributed by atoms with van der Waals surface area (Å²) in [5, 5.41) is 6.15. The molecule has 0 unspecified atom stereocenters. The van der Waals surface area contributed by atoms with Crippen molar-refractivity contribution < 1.29 is 9.59 Å². The molecule has 2 N–H and O–H groups in total. The van der Waals surface area contributed by atoms with Crippen LogP contribution >= 0.6 is 31.9 Å². The largest absolute Gasteiger partial charge is 0.351 e. The Morgan fingerprint density at radius 2 is 1.00 bits per heavy atom. The highest BCUT2D eigenvalue weighted by molar-refractivity contribution is 9.12. The third-order valence-electron chi connectivity index (χ3n) is 4.10. The van der Waals surface area contributed by atoms with Crippen molar-refractivity contribution in [2.24, 2.45) is 0 Å². The van der Waals surface area contributed by atoms with Crippen molar-refractivity contribution in [1.29, 1.82) is 0 Å². The first kappa shape index (κ1) is 18.6. The maximum absolute atomic E-state index is 12.8. The summed E-state index contributed by atoms with van der Waals surface area (Å²) in [7, 11) is 0. The lowest BCUT2D eigenvalue weighted by Gasteiger charge is -2.21. The first-order valence-corrected chi connectivity index (χ1v) is 9.53. The van der Waals surface area contributed by atoms with E-state index in [1.165, 1.54) is 0 Å². The highest BCUT2D eigenvalue weighted by atomic mass is 79.9. The molecule has 0 fully saturated rings. The van der Waals surface area contributed by atoms with E-state index in [1.54, 1.807) is 0 Å². The second-order valence-electron chi connectivity index (χ2n) is 5.92. The minimum Gasteiger partial charge on any atom is -0.351 e. The Bertz CT molecular complexity index is 898. The van der Waals surface area contributed by atoms with Crippen molar-refractivity contribution >= 4 is 54.8 Å². The van der Waals surface area contributed by atoms with Crippen LogP contribution in [0.4, 0.5) is 11.4 Å². The second-order valence-corrected chi connectivity index (χ2v) is 7.50. The van der Waals surface area contributed by atoms with Crippen molar-refractivity contribution in [2.45, 2.75) is 13.8 Å². The molecular formula is C20H16Br2N2O2. The van der Waals surface area contributed by atoms with Gasteiger partial charge in [0.05, 0.1) is 8.96 Å². The van der Waals surface area contributed by atoms with E-state index in [1.807, 2.05) is 62.4 Å². The number of Topliss-reactive ketones (excluding diaryl/α,β-unsaturated/α-hetero) is 2. The van der Waals surface area contributed by atoms with Gasteiger partial charge in [-0.15, -0.1) is 0 Å². The third kappa shape index (κ3) is 3.52. The van der Waals surface area contributed by atoms with Gasteiger partial charge in [0.25, 0.3) is 0 Å². The number of allylic oxidation sites excluding steroid dienone is 2. The Morgan fingerprint density at radius 1 is 0.654 bits per heavy atom. The van der Waals surface area contributed by atoms with Gasteiger partial charge >= 0.3 is 0 Å². The van der Waals surface area contributed by atoms with Gasteiger partial charge in [-0.3, -0.25) is 9.59 Å². The van der Waals surface area contributed by atoms with Gasteiger partial charge in [-0.05, 0) is 69.0 Å². The van der Waals surface area contributed by atoms with Gasteiger partial charge in [0.1, 0.15) is 11.4 Å². The van der Waals surface area contributed by atoms with Crippen molar-refractivity contribution in [1.82, 2.24) is 0 Å². The summed E-state index contributed by atoms with van der Waals surface area (Å²) in [4.78, 5) is 25.7. The summed E-state index contributed by atoms with van der Waals surface area (Å²) in [6.07, 6.45) is 0.